The van der Waals surface area contributed by atoms with Crippen LogP contribution in [0.4, 0.5) is 0 Å². The molecule has 3 nitrogen and oxygen atoms in total. The third kappa shape index (κ3) is 3.43. The van der Waals surface area contributed by atoms with Crippen LogP contribution in [-0.2, 0) is 4.74 Å². The number of hydrogen-bond acceptors (Lipinski definition) is 3. The highest BCUT2D eigenvalue weighted by Gasteiger charge is 2.33. The van der Waals surface area contributed by atoms with Gasteiger partial charge in [0.2, 0.25) is 0 Å². The molecule has 0 unspecified atom stereocenters. The topological polar surface area (TPSA) is 33.3 Å². The summed E-state index contributed by atoms with van der Waals surface area (Å²) < 4.78 is 5.87. The Morgan fingerprint density at radius 2 is 1.94 bits per heavy atom. The van der Waals surface area contributed by atoms with Crippen LogP contribution >= 0.6 is 0 Å². The Balaban J connectivity index is 1.56. The molecule has 0 bridgehead atoms. The molecule has 17 heavy (non-hydrogen) atoms. The molecular formula is C14H28N2O. The zero-order chi connectivity index (χ0) is 12.2. The summed E-state index contributed by atoms with van der Waals surface area (Å²) in [7, 11) is 0. The van der Waals surface area contributed by atoms with Gasteiger partial charge in [0.25, 0.3) is 0 Å². The summed E-state index contributed by atoms with van der Waals surface area (Å²) in [5.74, 6) is 0. The molecule has 1 aliphatic heterocycles. The van der Waals surface area contributed by atoms with Crippen molar-refractivity contribution in [1.82, 2.24) is 10.6 Å². The molecule has 0 atom stereocenters. The zero-order valence-corrected chi connectivity index (χ0v) is 11.5. The fourth-order valence-corrected chi connectivity index (χ4v) is 3.08. The molecule has 0 radical (unpaired) electrons. The smallest absolute Gasteiger partial charge is 0.0902 e. The molecular weight excluding hydrogens is 212 g/mol. The second-order valence-electron chi connectivity index (χ2n) is 6.14. The fraction of sp³-hybridized carbons (Fsp3) is 1.00. The lowest BCUT2D eigenvalue weighted by Crippen LogP contribution is -2.59. The van der Waals surface area contributed by atoms with Crippen LogP contribution in [0.1, 0.15) is 46.0 Å². The highest BCUT2D eigenvalue weighted by molar-refractivity contribution is 4.90. The minimum absolute atomic E-state index is 0.109. The Morgan fingerprint density at radius 3 is 2.47 bits per heavy atom. The van der Waals surface area contributed by atoms with Gasteiger partial charge in [0, 0.05) is 26.2 Å². The highest BCUT2D eigenvalue weighted by atomic mass is 16.5. The molecule has 0 aromatic rings. The van der Waals surface area contributed by atoms with Crippen molar-refractivity contribution in [2.45, 2.75) is 51.6 Å². The van der Waals surface area contributed by atoms with Crippen LogP contribution in [-0.4, -0.2) is 38.4 Å². The maximum absolute atomic E-state index is 5.87. The van der Waals surface area contributed by atoms with Gasteiger partial charge in [0.05, 0.1) is 12.2 Å². The standard InChI is InChI=1S/C14H28N2O/c1-3-14(6-4-5-7-14)12-15-8-9-17-13(2)10-16-11-13/h15-16H,3-12H2,1-2H3. The van der Waals surface area contributed by atoms with Gasteiger partial charge in [-0.1, -0.05) is 19.8 Å². The zero-order valence-electron chi connectivity index (χ0n) is 11.5. The van der Waals surface area contributed by atoms with Gasteiger partial charge in [-0.25, -0.2) is 0 Å². The summed E-state index contributed by atoms with van der Waals surface area (Å²) in [4.78, 5) is 0. The number of hydrogen-bond donors (Lipinski definition) is 2. The van der Waals surface area contributed by atoms with E-state index in [1.54, 1.807) is 0 Å². The first kappa shape index (κ1) is 13.3. The van der Waals surface area contributed by atoms with Gasteiger partial charge < -0.3 is 15.4 Å². The fourth-order valence-electron chi connectivity index (χ4n) is 3.08. The SMILES string of the molecule is CCC1(CNCCOC2(C)CNC2)CCCC1. The van der Waals surface area contributed by atoms with Crippen molar-refractivity contribution in [3.05, 3.63) is 0 Å². The van der Waals surface area contributed by atoms with Crippen LogP contribution < -0.4 is 10.6 Å². The summed E-state index contributed by atoms with van der Waals surface area (Å²) in [5, 5.41) is 6.85. The lowest BCUT2D eigenvalue weighted by atomic mass is 9.83. The van der Waals surface area contributed by atoms with Crippen LogP contribution in [0, 0.1) is 5.41 Å². The van der Waals surface area contributed by atoms with Gasteiger partial charge in [-0.3, -0.25) is 0 Å². The molecule has 2 rings (SSSR count). The molecule has 0 aromatic heterocycles. The Kier molecular flexibility index (Phi) is 4.45. The van der Waals surface area contributed by atoms with E-state index in [-0.39, 0.29) is 5.60 Å². The summed E-state index contributed by atoms with van der Waals surface area (Å²) in [6.07, 6.45) is 7.01. The largest absolute Gasteiger partial charge is 0.371 e. The Morgan fingerprint density at radius 1 is 1.24 bits per heavy atom. The lowest BCUT2D eigenvalue weighted by Gasteiger charge is -2.39. The van der Waals surface area contributed by atoms with E-state index in [0.29, 0.717) is 5.41 Å². The number of nitrogens with one attached hydrogen (secondary N) is 2. The molecule has 1 saturated carbocycles. The van der Waals surface area contributed by atoms with Gasteiger partial charge in [-0.2, -0.15) is 0 Å². The van der Waals surface area contributed by atoms with E-state index in [2.05, 4.69) is 24.5 Å². The molecule has 1 aliphatic carbocycles. The molecule has 0 amide bonds. The van der Waals surface area contributed by atoms with Crippen molar-refractivity contribution in [3.8, 4) is 0 Å². The van der Waals surface area contributed by atoms with Gasteiger partial charge in [0.1, 0.15) is 0 Å². The van der Waals surface area contributed by atoms with Crippen molar-refractivity contribution < 1.29 is 4.74 Å². The highest BCUT2D eigenvalue weighted by Crippen LogP contribution is 2.40. The van der Waals surface area contributed by atoms with Crippen LogP contribution in [0.5, 0.6) is 0 Å². The number of ether oxygens (including phenoxy) is 1. The maximum Gasteiger partial charge on any atom is 0.0902 e. The normalized spacial score (nSPS) is 25.8. The van der Waals surface area contributed by atoms with Crippen molar-refractivity contribution in [2.24, 2.45) is 5.41 Å². The first-order valence-corrected chi connectivity index (χ1v) is 7.24. The second kappa shape index (κ2) is 5.68. The average molecular weight is 240 g/mol. The van der Waals surface area contributed by atoms with Crippen LogP contribution in [0.15, 0.2) is 0 Å². The van der Waals surface area contributed by atoms with E-state index in [1.807, 2.05) is 0 Å². The minimum Gasteiger partial charge on any atom is -0.371 e. The van der Waals surface area contributed by atoms with E-state index in [4.69, 9.17) is 4.74 Å². The van der Waals surface area contributed by atoms with E-state index < -0.39 is 0 Å². The van der Waals surface area contributed by atoms with Crippen molar-refractivity contribution >= 4 is 0 Å². The first-order chi connectivity index (χ1) is 8.18. The molecule has 0 aromatic carbocycles. The quantitative estimate of drug-likeness (QED) is 0.667. The van der Waals surface area contributed by atoms with Crippen LogP contribution in [0.2, 0.25) is 0 Å². The molecule has 1 heterocycles. The van der Waals surface area contributed by atoms with E-state index >= 15 is 0 Å². The first-order valence-electron chi connectivity index (χ1n) is 7.24. The van der Waals surface area contributed by atoms with Gasteiger partial charge >= 0.3 is 0 Å². The van der Waals surface area contributed by atoms with Gasteiger partial charge in [-0.05, 0) is 31.6 Å². The molecule has 3 heteroatoms. The van der Waals surface area contributed by atoms with Crippen molar-refractivity contribution in [1.29, 1.82) is 0 Å². The third-order valence-corrected chi connectivity index (χ3v) is 4.64. The van der Waals surface area contributed by atoms with Crippen molar-refractivity contribution in [2.75, 3.05) is 32.8 Å². The maximum atomic E-state index is 5.87. The summed E-state index contributed by atoms with van der Waals surface area (Å²) >= 11 is 0. The Labute approximate surface area is 106 Å². The summed E-state index contributed by atoms with van der Waals surface area (Å²) in [5.41, 5.74) is 0.708. The van der Waals surface area contributed by atoms with Crippen molar-refractivity contribution in [3.63, 3.8) is 0 Å². The third-order valence-electron chi connectivity index (χ3n) is 4.64. The molecule has 1 saturated heterocycles. The van der Waals surface area contributed by atoms with Crippen LogP contribution in [0.3, 0.4) is 0 Å². The molecule has 2 fully saturated rings. The molecule has 0 spiro atoms. The lowest BCUT2D eigenvalue weighted by molar-refractivity contribution is -0.0651. The molecule has 2 N–H and O–H groups in total. The monoisotopic (exact) mass is 240 g/mol. The minimum atomic E-state index is 0.109. The average Bonchev–Trinajstić information content (AvgIpc) is 2.76. The van der Waals surface area contributed by atoms with Gasteiger partial charge in [0.15, 0.2) is 0 Å². The number of rotatable bonds is 7. The predicted octanol–water partition coefficient (Wildman–Crippen LogP) is 1.92. The second-order valence-corrected chi connectivity index (χ2v) is 6.14. The van der Waals surface area contributed by atoms with Gasteiger partial charge in [-0.15, -0.1) is 0 Å². The van der Waals surface area contributed by atoms with E-state index in [0.717, 1.165) is 26.2 Å². The molecule has 2 aliphatic rings. The Bertz CT molecular complexity index is 232. The van der Waals surface area contributed by atoms with Crippen LogP contribution in [0.25, 0.3) is 0 Å². The Hall–Kier alpha value is -0.120. The molecule has 100 valence electrons. The van der Waals surface area contributed by atoms with E-state index in [1.165, 1.54) is 38.6 Å². The summed E-state index contributed by atoms with van der Waals surface area (Å²) in [6.45, 7) is 9.56. The predicted molar refractivity (Wildman–Crippen MR) is 71.3 cm³/mol. The summed E-state index contributed by atoms with van der Waals surface area (Å²) in [6, 6.07) is 0. The van der Waals surface area contributed by atoms with E-state index in [9.17, 15) is 0 Å².